The number of carbonyl (C=O) groups is 1. The zero-order valence-electron chi connectivity index (χ0n) is 18.8. The van der Waals surface area contributed by atoms with Crippen molar-refractivity contribution < 1.29 is 14.3 Å². The lowest BCUT2D eigenvalue weighted by molar-refractivity contribution is 0.0499. The molecule has 0 spiro atoms. The van der Waals surface area contributed by atoms with E-state index in [1.54, 1.807) is 25.1 Å². The molecule has 1 aromatic carbocycles. The van der Waals surface area contributed by atoms with Crippen molar-refractivity contribution in [2.75, 3.05) is 26.2 Å². The average molecular weight is 449 g/mol. The van der Waals surface area contributed by atoms with E-state index in [9.17, 15) is 14.3 Å². The molecule has 1 atom stereocenters. The number of hydrogen-bond donors (Lipinski definition) is 1. The van der Waals surface area contributed by atoms with Gasteiger partial charge in [-0.3, -0.25) is 9.69 Å². The minimum absolute atomic E-state index is 0.0597. The Labute approximate surface area is 191 Å². The third-order valence-corrected chi connectivity index (χ3v) is 6.10. The van der Waals surface area contributed by atoms with Crippen LogP contribution in [0.1, 0.15) is 35.3 Å². The Kier molecular flexibility index (Phi) is 6.11. The molecular formula is C24H25FN6O2. The van der Waals surface area contributed by atoms with Gasteiger partial charge >= 0.3 is 0 Å². The number of hydrogen-bond acceptors (Lipinski definition) is 6. The Morgan fingerprint density at radius 1 is 1.27 bits per heavy atom. The summed E-state index contributed by atoms with van der Waals surface area (Å²) in [5, 5.41) is 23.9. The second-order valence-electron chi connectivity index (χ2n) is 8.20. The number of aromatic hydroxyl groups is 1. The summed E-state index contributed by atoms with van der Waals surface area (Å²) in [6.45, 7) is 9.20. The summed E-state index contributed by atoms with van der Waals surface area (Å²) in [6.07, 6.45) is 2.89. The van der Waals surface area contributed by atoms with Gasteiger partial charge in [0.2, 0.25) is 5.88 Å². The van der Waals surface area contributed by atoms with E-state index in [4.69, 9.17) is 5.26 Å². The number of rotatable bonds is 4. The SMILES string of the molecule is CCN1CCN(C(=O)c2ccc(-n3ncc(-c4cc(F)c(C#N)cc4C)c3O)nc2)C(C)C1. The van der Waals surface area contributed by atoms with Gasteiger partial charge in [0.1, 0.15) is 11.9 Å². The summed E-state index contributed by atoms with van der Waals surface area (Å²) in [6, 6.07) is 7.84. The second-order valence-corrected chi connectivity index (χ2v) is 8.20. The molecule has 0 saturated carbocycles. The molecule has 3 heterocycles. The molecular weight excluding hydrogens is 423 g/mol. The van der Waals surface area contributed by atoms with Crippen LogP contribution < -0.4 is 0 Å². The van der Waals surface area contributed by atoms with E-state index < -0.39 is 5.82 Å². The lowest BCUT2D eigenvalue weighted by atomic mass is 10.0. The zero-order valence-corrected chi connectivity index (χ0v) is 18.8. The summed E-state index contributed by atoms with van der Waals surface area (Å²) in [4.78, 5) is 21.5. The largest absolute Gasteiger partial charge is 0.493 e. The molecule has 4 rings (SSSR count). The number of piperazine rings is 1. The van der Waals surface area contributed by atoms with Crippen LogP contribution in [0.2, 0.25) is 0 Å². The number of amides is 1. The maximum absolute atomic E-state index is 14.1. The first-order valence-electron chi connectivity index (χ1n) is 10.8. The monoisotopic (exact) mass is 448 g/mol. The molecule has 3 aromatic rings. The molecule has 1 saturated heterocycles. The van der Waals surface area contributed by atoms with Crippen LogP contribution in [-0.4, -0.2) is 67.8 Å². The first-order valence-corrected chi connectivity index (χ1v) is 10.8. The number of carbonyl (C=O) groups excluding carboxylic acids is 1. The van der Waals surface area contributed by atoms with E-state index in [-0.39, 0.29) is 23.4 Å². The highest BCUT2D eigenvalue weighted by molar-refractivity contribution is 5.94. The average Bonchev–Trinajstić information content (AvgIpc) is 3.20. The number of aryl methyl sites for hydroxylation is 1. The minimum atomic E-state index is -0.666. The molecule has 1 unspecified atom stereocenters. The van der Waals surface area contributed by atoms with E-state index in [0.29, 0.717) is 34.6 Å². The van der Waals surface area contributed by atoms with Gasteiger partial charge in [0.25, 0.3) is 5.91 Å². The smallest absolute Gasteiger partial charge is 0.255 e. The number of halogens is 1. The third kappa shape index (κ3) is 4.17. The van der Waals surface area contributed by atoms with Gasteiger partial charge in [-0.1, -0.05) is 6.92 Å². The van der Waals surface area contributed by atoms with Crippen molar-refractivity contribution in [1.82, 2.24) is 24.6 Å². The molecule has 0 radical (unpaired) electrons. The van der Waals surface area contributed by atoms with E-state index in [0.717, 1.165) is 19.6 Å². The number of pyridine rings is 1. The molecule has 33 heavy (non-hydrogen) atoms. The van der Waals surface area contributed by atoms with Crippen LogP contribution in [-0.2, 0) is 0 Å². The van der Waals surface area contributed by atoms with E-state index in [1.807, 2.05) is 11.8 Å². The fourth-order valence-corrected chi connectivity index (χ4v) is 4.18. The fraction of sp³-hybridized carbons (Fsp3) is 0.333. The number of benzene rings is 1. The quantitative estimate of drug-likeness (QED) is 0.659. The Morgan fingerprint density at radius 2 is 2.06 bits per heavy atom. The molecule has 1 aliphatic heterocycles. The summed E-state index contributed by atoms with van der Waals surface area (Å²) >= 11 is 0. The van der Waals surface area contributed by atoms with E-state index >= 15 is 0 Å². The van der Waals surface area contributed by atoms with Crippen LogP contribution in [0.3, 0.4) is 0 Å². The highest BCUT2D eigenvalue weighted by Gasteiger charge is 2.27. The molecule has 1 aliphatic rings. The van der Waals surface area contributed by atoms with Crippen LogP contribution in [0.25, 0.3) is 16.9 Å². The first kappa shape index (κ1) is 22.4. The number of nitrogens with zero attached hydrogens (tertiary/aromatic N) is 6. The van der Waals surface area contributed by atoms with Crippen molar-refractivity contribution in [1.29, 1.82) is 5.26 Å². The van der Waals surface area contributed by atoms with E-state index in [1.165, 1.54) is 29.2 Å². The maximum atomic E-state index is 14.1. The molecule has 1 fully saturated rings. The van der Waals surface area contributed by atoms with Crippen LogP contribution >= 0.6 is 0 Å². The topological polar surface area (TPSA) is 98.3 Å². The van der Waals surface area contributed by atoms with Crippen LogP contribution in [0.15, 0.2) is 36.7 Å². The minimum Gasteiger partial charge on any atom is -0.493 e. The van der Waals surface area contributed by atoms with Crippen molar-refractivity contribution in [2.24, 2.45) is 0 Å². The lowest BCUT2D eigenvalue weighted by Crippen LogP contribution is -2.53. The van der Waals surface area contributed by atoms with Crippen LogP contribution in [0.4, 0.5) is 4.39 Å². The third-order valence-electron chi connectivity index (χ3n) is 6.10. The normalized spacial score (nSPS) is 16.6. The molecule has 0 bridgehead atoms. The van der Waals surface area contributed by atoms with E-state index in [2.05, 4.69) is 21.9 Å². The van der Waals surface area contributed by atoms with Crippen LogP contribution in [0, 0.1) is 24.1 Å². The molecule has 0 aliphatic carbocycles. The van der Waals surface area contributed by atoms with Gasteiger partial charge in [-0.15, -0.1) is 0 Å². The van der Waals surface area contributed by atoms with Crippen LogP contribution in [0.5, 0.6) is 5.88 Å². The van der Waals surface area contributed by atoms with Gasteiger partial charge in [0.15, 0.2) is 5.82 Å². The number of likely N-dealkylation sites (N-methyl/N-ethyl adjacent to an activating group) is 1. The predicted molar refractivity (Wildman–Crippen MR) is 120 cm³/mol. The lowest BCUT2D eigenvalue weighted by Gasteiger charge is -2.39. The van der Waals surface area contributed by atoms with Crippen molar-refractivity contribution in [3.63, 3.8) is 0 Å². The van der Waals surface area contributed by atoms with Gasteiger partial charge in [0.05, 0.1) is 22.9 Å². The fourth-order valence-electron chi connectivity index (χ4n) is 4.18. The summed E-state index contributed by atoms with van der Waals surface area (Å²) in [5.41, 5.74) is 1.79. The van der Waals surface area contributed by atoms with Crippen molar-refractivity contribution in [3.05, 3.63) is 59.2 Å². The Hall–Kier alpha value is -3.77. The second kappa shape index (κ2) is 9.00. The Balaban J connectivity index is 1.57. The van der Waals surface area contributed by atoms with Gasteiger partial charge in [-0.05, 0) is 55.8 Å². The van der Waals surface area contributed by atoms with Crippen molar-refractivity contribution in [2.45, 2.75) is 26.8 Å². The van der Waals surface area contributed by atoms with Gasteiger partial charge in [0, 0.05) is 31.9 Å². The highest BCUT2D eigenvalue weighted by atomic mass is 19.1. The zero-order chi connectivity index (χ0) is 23.7. The van der Waals surface area contributed by atoms with Gasteiger partial charge in [-0.2, -0.15) is 15.0 Å². The van der Waals surface area contributed by atoms with Crippen molar-refractivity contribution >= 4 is 5.91 Å². The maximum Gasteiger partial charge on any atom is 0.255 e. The van der Waals surface area contributed by atoms with Gasteiger partial charge < -0.3 is 10.0 Å². The summed E-state index contributed by atoms with van der Waals surface area (Å²) < 4.78 is 15.4. The molecule has 170 valence electrons. The Bertz CT molecular complexity index is 1230. The highest BCUT2D eigenvalue weighted by Crippen LogP contribution is 2.34. The molecule has 1 amide bonds. The molecule has 2 aromatic heterocycles. The molecule has 8 nitrogen and oxygen atoms in total. The van der Waals surface area contributed by atoms with Gasteiger partial charge in [-0.25, -0.2) is 9.37 Å². The number of aromatic nitrogens is 3. The molecule has 9 heteroatoms. The standard InChI is InChI=1S/C24H25FN6O2/c1-4-29-7-8-30(16(3)14-29)23(32)17-5-6-22(27-12-17)31-24(33)20(13-28-31)19-10-21(25)18(11-26)9-15(19)2/h5-6,9-10,12-13,16,33H,4,7-8,14H2,1-3H3. The Morgan fingerprint density at radius 3 is 2.70 bits per heavy atom. The summed E-state index contributed by atoms with van der Waals surface area (Å²) in [7, 11) is 0. The summed E-state index contributed by atoms with van der Waals surface area (Å²) in [5.74, 6) is -0.629. The first-order chi connectivity index (χ1) is 15.8. The predicted octanol–water partition coefficient (Wildman–Crippen LogP) is 3.13. The van der Waals surface area contributed by atoms with Crippen molar-refractivity contribution in [3.8, 4) is 28.9 Å². The number of nitriles is 1. The molecule has 1 N–H and O–H groups in total.